The van der Waals surface area contributed by atoms with Gasteiger partial charge in [0.1, 0.15) is 0 Å². The monoisotopic (exact) mass is 418 g/mol. The second-order valence-corrected chi connectivity index (χ2v) is 8.12. The van der Waals surface area contributed by atoms with E-state index in [2.05, 4.69) is 9.82 Å². The molecule has 0 amide bonds. The van der Waals surface area contributed by atoms with E-state index in [4.69, 9.17) is 0 Å². The molecule has 8 nitrogen and oxygen atoms in total. The number of aromatic nitrogens is 2. The van der Waals surface area contributed by atoms with Crippen LogP contribution in [0.5, 0.6) is 0 Å². The van der Waals surface area contributed by atoms with Crippen molar-refractivity contribution in [2.75, 3.05) is 6.54 Å². The molecule has 0 saturated carbocycles. The number of non-ortho nitro benzene ring substituents is 1. The zero-order chi connectivity index (χ0) is 20.5. The molecule has 0 unspecified atom stereocenters. The number of fused-ring (bicyclic) bond motifs is 1. The lowest BCUT2D eigenvalue weighted by molar-refractivity contribution is -0.384. The number of rotatable bonds is 6. The van der Waals surface area contributed by atoms with E-state index in [1.807, 2.05) is 0 Å². The molecule has 28 heavy (non-hydrogen) atoms. The van der Waals surface area contributed by atoms with Crippen LogP contribution in [0.25, 0.3) is 0 Å². The maximum Gasteiger partial charge on any atom is 0.435 e. The Morgan fingerprint density at radius 2 is 1.82 bits per heavy atom. The first kappa shape index (κ1) is 20.3. The van der Waals surface area contributed by atoms with Crippen LogP contribution in [0.2, 0.25) is 0 Å². The molecule has 0 saturated heterocycles. The van der Waals surface area contributed by atoms with E-state index in [1.165, 1.54) is 4.68 Å². The number of halogens is 3. The van der Waals surface area contributed by atoms with Gasteiger partial charge in [-0.1, -0.05) is 0 Å². The molecule has 1 aliphatic rings. The molecular formula is C16H17F3N4O4S. The molecular weight excluding hydrogens is 401 g/mol. The summed E-state index contributed by atoms with van der Waals surface area (Å²) in [4.78, 5) is 9.81. The highest BCUT2D eigenvalue weighted by Crippen LogP contribution is 2.35. The van der Waals surface area contributed by atoms with E-state index < -0.39 is 26.8 Å². The first-order chi connectivity index (χ1) is 13.1. The lowest BCUT2D eigenvalue weighted by Gasteiger charge is -2.15. The summed E-state index contributed by atoms with van der Waals surface area (Å²) in [7, 11) is -3.95. The highest BCUT2D eigenvalue weighted by molar-refractivity contribution is 7.89. The zero-order valence-electron chi connectivity index (χ0n) is 14.6. The summed E-state index contributed by atoms with van der Waals surface area (Å²) in [6.07, 6.45) is -2.36. The van der Waals surface area contributed by atoms with E-state index >= 15 is 0 Å². The SMILES string of the molecule is O=[N+]([O-])c1ccc(S(=O)(=O)NCCn2nc(C(F)(F)F)c3c2CCCC3)cc1. The van der Waals surface area contributed by atoms with Crippen LogP contribution in [-0.4, -0.2) is 29.7 Å². The van der Waals surface area contributed by atoms with E-state index in [9.17, 15) is 31.7 Å². The largest absolute Gasteiger partial charge is 0.435 e. The molecule has 1 aliphatic carbocycles. The Kier molecular flexibility index (Phi) is 5.44. The van der Waals surface area contributed by atoms with Gasteiger partial charge in [0.15, 0.2) is 5.69 Å². The average Bonchev–Trinajstić information content (AvgIpc) is 3.01. The van der Waals surface area contributed by atoms with Gasteiger partial charge < -0.3 is 0 Å². The highest BCUT2D eigenvalue weighted by atomic mass is 32.2. The smallest absolute Gasteiger partial charge is 0.267 e. The summed E-state index contributed by atoms with van der Waals surface area (Å²) in [5.41, 5.74) is -0.465. The fraction of sp³-hybridized carbons (Fsp3) is 0.438. The minimum absolute atomic E-state index is 0.0510. The lowest BCUT2D eigenvalue weighted by Crippen LogP contribution is -2.28. The zero-order valence-corrected chi connectivity index (χ0v) is 15.4. The van der Waals surface area contributed by atoms with Gasteiger partial charge in [0.05, 0.1) is 16.4 Å². The third-order valence-corrected chi connectivity index (χ3v) is 5.98. The molecule has 1 aromatic carbocycles. The van der Waals surface area contributed by atoms with Crippen LogP contribution in [0.15, 0.2) is 29.2 Å². The van der Waals surface area contributed by atoms with Crippen LogP contribution in [0.1, 0.15) is 29.8 Å². The van der Waals surface area contributed by atoms with Gasteiger partial charge in [0.2, 0.25) is 10.0 Å². The van der Waals surface area contributed by atoms with E-state index in [0.29, 0.717) is 25.0 Å². The van der Waals surface area contributed by atoms with Crippen LogP contribution in [-0.2, 0) is 35.6 Å². The maximum absolute atomic E-state index is 13.2. The molecule has 0 atom stereocenters. The summed E-state index contributed by atoms with van der Waals surface area (Å²) >= 11 is 0. The predicted molar refractivity (Wildman–Crippen MR) is 92.2 cm³/mol. The maximum atomic E-state index is 13.2. The Balaban J connectivity index is 1.72. The first-order valence-electron chi connectivity index (χ1n) is 8.49. The normalized spacial score (nSPS) is 14.7. The third kappa shape index (κ3) is 4.17. The summed E-state index contributed by atoms with van der Waals surface area (Å²) in [5.74, 6) is 0. The van der Waals surface area contributed by atoms with Gasteiger partial charge in [0, 0.05) is 29.9 Å². The predicted octanol–water partition coefficient (Wildman–Crippen LogP) is 2.67. The van der Waals surface area contributed by atoms with Gasteiger partial charge >= 0.3 is 6.18 Å². The highest BCUT2D eigenvalue weighted by Gasteiger charge is 2.39. The van der Waals surface area contributed by atoms with E-state index in [-0.39, 0.29) is 29.2 Å². The molecule has 2 aromatic rings. The topological polar surface area (TPSA) is 107 Å². The van der Waals surface area contributed by atoms with Gasteiger partial charge in [-0.2, -0.15) is 18.3 Å². The Labute approximate surface area is 158 Å². The summed E-state index contributed by atoms with van der Waals surface area (Å²) in [6, 6.07) is 4.32. The van der Waals surface area contributed by atoms with Crippen molar-refractivity contribution >= 4 is 15.7 Å². The van der Waals surface area contributed by atoms with Crippen LogP contribution >= 0.6 is 0 Å². The number of nitro groups is 1. The van der Waals surface area contributed by atoms with Crippen LogP contribution in [0, 0.1) is 10.1 Å². The molecule has 1 heterocycles. The van der Waals surface area contributed by atoms with Crippen LogP contribution in [0.4, 0.5) is 18.9 Å². The second-order valence-electron chi connectivity index (χ2n) is 6.35. The molecule has 12 heteroatoms. The van der Waals surface area contributed by atoms with Gasteiger partial charge in [-0.25, -0.2) is 13.1 Å². The van der Waals surface area contributed by atoms with Crippen molar-refractivity contribution in [1.29, 1.82) is 0 Å². The Hall–Kier alpha value is -2.47. The number of nitro benzene ring substituents is 1. The van der Waals surface area contributed by atoms with Crippen molar-refractivity contribution in [3.05, 3.63) is 51.3 Å². The van der Waals surface area contributed by atoms with Crippen molar-refractivity contribution in [2.45, 2.75) is 43.3 Å². The summed E-state index contributed by atoms with van der Waals surface area (Å²) in [5, 5.41) is 14.3. The van der Waals surface area contributed by atoms with Gasteiger partial charge in [-0.15, -0.1) is 0 Å². The van der Waals surface area contributed by atoms with E-state index in [1.54, 1.807) is 0 Å². The summed E-state index contributed by atoms with van der Waals surface area (Å²) < 4.78 is 67.6. The number of nitrogens with zero attached hydrogens (tertiary/aromatic N) is 3. The van der Waals surface area contributed by atoms with Crippen molar-refractivity contribution in [3.63, 3.8) is 0 Å². The fourth-order valence-electron chi connectivity index (χ4n) is 3.20. The molecule has 0 fully saturated rings. The second kappa shape index (κ2) is 7.51. The molecule has 0 aliphatic heterocycles. The van der Waals surface area contributed by atoms with Crippen molar-refractivity contribution in [2.24, 2.45) is 0 Å². The number of sulfonamides is 1. The van der Waals surface area contributed by atoms with Crippen molar-refractivity contribution in [1.82, 2.24) is 14.5 Å². The molecule has 3 rings (SSSR count). The Morgan fingerprint density at radius 3 is 2.43 bits per heavy atom. The van der Waals surface area contributed by atoms with Crippen molar-refractivity contribution < 1.29 is 26.5 Å². The Bertz CT molecular complexity index is 985. The molecule has 1 aromatic heterocycles. The number of benzene rings is 1. The molecule has 0 radical (unpaired) electrons. The van der Waals surface area contributed by atoms with Crippen molar-refractivity contribution in [3.8, 4) is 0 Å². The number of nitrogens with one attached hydrogen (secondary N) is 1. The third-order valence-electron chi connectivity index (χ3n) is 4.50. The molecule has 1 N–H and O–H groups in total. The molecule has 0 bridgehead atoms. The minimum atomic E-state index is -4.55. The standard InChI is InChI=1S/C16H17F3N4O4S/c17-16(18,19)15-13-3-1-2-4-14(13)22(21-15)10-9-20-28(26,27)12-7-5-11(6-8-12)23(24)25/h5-8,20H,1-4,9-10H2. The number of alkyl halides is 3. The van der Waals surface area contributed by atoms with E-state index in [0.717, 1.165) is 30.7 Å². The quantitative estimate of drug-likeness (QED) is 0.573. The van der Waals surface area contributed by atoms with Crippen LogP contribution < -0.4 is 4.72 Å². The van der Waals surface area contributed by atoms with Gasteiger partial charge in [-0.3, -0.25) is 14.8 Å². The Morgan fingerprint density at radius 1 is 1.18 bits per heavy atom. The lowest BCUT2D eigenvalue weighted by atomic mass is 9.95. The fourth-order valence-corrected chi connectivity index (χ4v) is 4.22. The minimum Gasteiger partial charge on any atom is -0.267 e. The number of hydrogen-bond donors (Lipinski definition) is 1. The van der Waals surface area contributed by atoms with Crippen LogP contribution in [0.3, 0.4) is 0 Å². The van der Waals surface area contributed by atoms with Gasteiger partial charge in [0.25, 0.3) is 5.69 Å². The summed E-state index contributed by atoms with van der Waals surface area (Å²) in [6.45, 7) is -0.213. The van der Waals surface area contributed by atoms with Gasteiger partial charge in [-0.05, 0) is 37.8 Å². The molecule has 0 spiro atoms. The first-order valence-corrected chi connectivity index (χ1v) is 9.98. The molecule has 152 valence electrons. The number of hydrogen-bond acceptors (Lipinski definition) is 5. The average molecular weight is 418 g/mol.